The zero-order valence-electron chi connectivity index (χ0n) is 12.6. The third-order valence-electron chi connectivity index (χ3n) is 3.12. The van der Waals surface area contributed by atoms with Crippen LogP contribution in [0.25, 0.3) is 0 Å². The van der Waals surface area contributed by atoms with E-state index in [2.05, 4.69) is 5.10 Å². The Morgan fingerprint density at radius 1 is 1.27 bits per heavy atom. The summed E-state index contributed by atoms with van der Waals surface area (Å²) in [6, 6.07) is 6.60. The highest BCUT2D eigenvalue weighted by molar-refractivity contribution is 5.38. The second kappa shape index (κ2) is 6.00. The highest BCUT2D eigenvalue weighted by atomic mass is 19.4. The molecule has 0 fully saturated rings. The lowest BCUT2D eigenvalue weighted by molar-refractivity contribution is -0.142. The van der Waals surface area contributed by atoms with E-state index < -0.39 is 17.9 Å². The molecule has 1 aromatic heterocycles. The molecule has 7 heteroatoms. The minimum absolute atomic E-state index is 0.0226. The summed E-state index contributed by atoms with van der Waals surface area (Å²) in [6.07, 6.45) is -4.51. The molecule has 0 saturated carbocycles. The van der Waals surface area contributed by atoms with Gasteiger partial charge in [-0.2, -0.15) is 18.3 Å². The molecule has 22 heavy (non-hydrogen) atoms. The van der Waals surface area contributed by atoms with E-state index >= 15 is 0 Å². The van der Waals surface area contributed by atoms with Gasteiger partial charge in [-0.05, 0) is 32.4 Å². The summed E-state index contributed by atoms with van der Waals surface area (Å²) in [4.78, 5) is 0. The fourth-order valence-corrected chi connectivity index (χ4v) is 2.13. The van der Waals surface area contributed by atoms with Crippen LogP contribution < -0.4 is 10.5 Å². The minimum atomic E-state index is -4.54. The van der Waals surface area contributed by atoms with Gasteiger partial charge in [0.05, 0.1) is 0 Å². The van der Waals surface area contributed by atoms with E-state index in [0.29, 0.717) is 5.75 Å². The molecular formula is C15H18F3N3O. The maximum atomic E-state index is 13.1. The van der Waals surface area contributed by atoms with Gasteiger partial charge in [-0.1, -0.05) is 17.7 Å². The van der Waals surface area contributed by atoms with E-state index in [9.17, 15) is 13.2 Å². The first-order chi connectivity index (χ1) is 10.2. The number of ether oxygens (including phenoxy) is 1. The molecule has 0 spiro atoms. The molecule has 4 nitrogen and oxygen atoms in total. The Balaban J connectivity index is 2.45. The number of nitrogens with zero attached hydrogens (tertiary/aromatic N) is 2. The minimum Gasteiger partial charge on any atom is -0.439 e. The summed E-state index contributed by atoms with van der Waals surface area (Å²) in [5.74, 6) is 0.515. The van der Waals surface area contributed by atoms with Crippen LogP contribution in [0.5, 0.6) is 11.6 Å². The molecule has 0 radical (unpaired) electrons. The second-order valence-electron chi connectivity index (χ2n) is 5.35. The SMILES string of the molecule is Cc1ccc(Oc2c(CC(C)N)c(C(F)(F)F)nn2C)cc1. The standard InChI is InChI=1S/C15H18F3N3O/c1-9-4-6-11(7-5-9)22-14-12(8-10(2)19)13(15(16,17)18)20-21(14)3/h4-7,10H,8,19H2,1-3H3. The van der Waals surface area contributed by atoms with E-state index in [1.807, 2.05) is 19.1 Å². The predicted molar refractivity (Wildman–Crippen MR) is 76.8 cm³/mol. The first-order valence-electron chi connectivity index (χ1n) is 6.81. The Hall–Kier alpha value is -2.02. The fourth-order valence-electron chi connectivity index (χ4n) is 2.13. The summed E-state index contributed by atoms with van der Waals surface area (Å²) in [5, 5.41) is 3.56. The van der Waals surface area contributed by atoms with E-state index in [1.54, 1.807) is 19.1 Å². The van der Waals surface area contributed by atoms with Crippen LogP contribution in [-0.4, -0.2) is 15.8 Å². The van der Waals surface area contributed by atoms with Crippen molar-refractivity contribution in [3.63, 3.8) is 0 Å². The Bertz CT molecular complexity index is 645. The molecule has 1 aromatic carbocycles. The highest BCUT2D eigenvalue weighted by Crippen LogP contribution is 2.37. The van der Waals surface area contributed by atoms with E-state index in [-0.39, 0.29) is 17.9 Å². The van der Waals surface area contributed by atoms with E-state index in [4.69, 9.17) is 10.5 Å². The number of halogens is 3. The van der Waals surface area contributed by atoms with Crippen molar-refractivity contribution in [3.8, 4) is 11.6 Å². The third kappa shape index (κ3) is 3.59. The molecular weight excluding hydrogens is 295 g/mol. The van der Waals surface area contributed by atoms with Crippen LogP contribution in [0.2, 0.25) is 0 Å². The molecule has 0 aliphatic rings. The monoisotopic (exact) mass is 313 g/mol. The summed E-state index contributed by atoms with van der Waals surface area (Å²) in [7, 11) is 1.42. The van der Waals surface area contributed by atoms with Crippen LogP contribution in [0.1, 0.15) is 23.7 Å². The largest absolute Gasteiger partial charge is 0.439 e. The van der Waals surface area contributed by atoms with Crippen molar-refractivity contribution in [1.29, 1.82) is 0 Å². The molecule has 120 valence electrons. The lowest BCUT2D eigenvalue weighted by Crippen LogP contribution is -2.20. The molecule has 2 N–H and O–H groups in total. The number of hydrogen-bond acceptors (Lipinski definition) is 3. The number of rotatable bonds is 4. The Morgan fingerprint density at radius 2 is 1.86 bits per heavy atom. The molecule has 2 aromatic rings. The van der Waals surface area contributed by atoms with Crippen molar-refractivity contribution in [1.82, 2.24) is 9.78 Å². The van der Waals surface area contributed by atoms with Crippen LogP contribution in [-0.2, 0) is 19.6 Å². The summed E-state index contributed by atoms with van der Waals surface area (Å²) in [6.45, 7) is 3.56. The summed E-state index contributed by atoms with van der Waals surface area (Å²) >= 11 is 0. The molecule has 0 bridgehead atoms. The molecule has 1 atom stereocenters. The van der Waals surface area contributed by atoms with Crippen molar-refractivity contribution < 1.29 is 17.9 Å². The highest BCUT2D eigenvalue weighted by Gasteiger charge is 2.39. The number of benzene rings is 1. The van der Waals surface area contributed by atoms with Gasteiger partial charge in [-0.15, -0.1) is 0 Å². The van der Waals surface area contributed by atoms with Gasteiger partial charge in [0.15, 0.2) is 5.69 Å². The quantitative estimate of drug-likeness (QED) is 0.941. The number of nitrogens with two attached hydrogens (primary N) is 1. The van der Waals surface area contributed by atoms with Crippen molar-refractivity contribution >= 4 is 0 Å². The maximum Gasteiger partial charge on any atom is 0.435 e. The predicted octanol–water partition coefficient (Wildman–Crippen LogP) is 3.43. The van der Waals surface area contributed by atoms with Gasteiger partial charge in [0.2, 0.25) is 5.88 Å². The van der Waals surface area contributed by atoms with Gasteiger partial charge in [0.1, 0.15) is 5.75 Å². The number of alkyl halides is 3. The fraction of sp³-hybridized carbons (Fsp3) is 0.400. The molecule has 2 rings (SSSR count). The topological polar surface area (TPSA) is 53.1 Å². The summed E-state index contributed by atoms with van der Waals surface area (Å²) < 4.78 is 46.0. The lowest BCUT2D eigenvalue weighted by atomic mass is 10.1. The lowest BCUT2D eigenvalue weighted by Gasteiger charge is -2.12. The second-order valence-corrected chi connectivity index (χ2v) is 5.35. The Kier molecular flexibility index (Phi) is 4.46. The van der Waals surface area contributed by atoms with Crippen molar-refractivity contribution in [3.05, 3.63) is 41.1 Å². The van der Waals surface area contributed by atoms with Gasteiger partial charge < -0.3 is 10.5 Å². The first kappa shape index (κ1) is 16.4. The zero-order valence-corrected chi connectivity index (χ0v) is 12.6. The van der Waals surface area contributed by atoms with Gasteiger partial charge in [0.25, 0.3) is 0 Å². The van der Waals surface area contributed by atoms with Crippen LogP contribution in [0, 0.1) is 6.92 Å². The summed E-state index contributed by atoms with van der Waals surface area (Å²) in [5.41, 5.74) is 5.73. The average molecular weight is 313 g/mol. The number of aromatic nitrogens is 2. The maximum absolute atomic E-state index is 13.1. The number of hydrogen-bond donors (Lipinski definition) is 1. The van der Waals surface area contributed by atoms with Gasteiger partial charge in [-0.25, -0.2) is 4.68 Å². The molecule has 0 aliphatic carbocycles. The zero-order chi connectivity index (χ0) is 16.5. The van der Waals surface area contributed by atoms with Crippen molar-refractivity contribution in [2.75, 3.05) is 0 Å². The van der Waals surface area contributed by atoms with Gasteiger partial charge in [-0.3, -0.25) is 0 Å². The van der Waals surface area contributed by atoms with Gasteiger partial charge >= 0.3 is 6.18 Å². The molecule has 0 saturated heterocycles. The number of aryl methyl sites for hydroxylation is 2. The van der Waals surface area contributed by atoms with Crippen LogP contribution >= 0.6 is 0 Å². The average Bonchev–Trinajstić information content (AvgIpc) is 2.69. The van der Waals surface area contributed by atoms with Crippen LogP contribution in [0.3, 0.4) is 0 Å². The van der Waals surface area contributed by atoms with Crippen molar-refractivity contribution in [2.45, 2.75) is 32.5 Å². The Morgan fingerprint density at radius 3 is 2.36 bits per heavy atom. The van der Waals surface area contributed by atoms with E-state index in [0.717, 1.165) is 10.2 Å². The molecule has 1 unspecified atom stereocenters. The van der Waals surface area contributed by atoms with Gasteiger partial charge in [0, 0.05) is 18.7 Å². The third-order valence-corrected chi connectivity index (χ3v) is 3.12. The van der Waals surface area contributed by atoms with Crippen molar-refractivity contribution in [2.24, 2.45) is 12.8 Å². The van der Waals surface area contributed by atoms with Crippen LogP contribution in [0.4, 0.5) is 13.2 Å². The van der Waals surface area contributed by atoms with E-state index in [1.165, 1.54) is 7.05 Å². The van der Waals surface area contributed by atoms with Crippen LogP contribution in [0.15, 0.2) is 24.3 Å². The molecule has 1 heterocycles. The smallest absolute Gasteiger partial charge is 0.435 e. The first-order valence-corrected chi connectivity index (χ1v) is 6.81. The normalized spacial score (nSPS) is 13.2. The Labute approximate surface area is 126 Å². The molecule has 0 aliphatic heterocycles. The molecule has 0 amide bonds.